The standard InChI is InChI=1S/C29H30N4O3S/c30-29(31)23-9-8-22-7-6-21(18-24(22)19-23)20-33(37(34,35)28-4-2-1-3-5-28)25-10-12-26(13-11-25)36-27-14-16-32-17-15-27/h1-13,18-19,27,32H,14-17,20H2,(H3,30,31). The van der Waals surface area contributed by atoms with E-state index in [2.05, 4.69) is 5.32 Å². The number of fused-ring (bicyclic) bond motifs is 1. The predicted molar refractivity (Wildman–Crippen MR) is 148 cm³/mol. The summed E-state index contributed by atoms with van der Waals surface area (Å²) in [6, 6.07) is 27.1. The first kappa shape index (κ1) is 24.8. The second-order valence-corrected chi connectivity index (χ2v) is 11.1. The lowest BCUT2D eigenvalue weighted by atomic mass is 10.0. The molecule has 0 aliphatic carbocycles. The molecule has 1 aliphatic rings. The van der Waals surface area contributed by atoms with Gasteiger partial charge in [0.2, 0.25) is 0 Å². The Hall–Kier alpha value is -3.88. The average molecular weight is 515 g/mol. The van der Waals surface area contributed by atoms with E-state index in [0.717, 1.165) is 48.0 Å². The van der Waals surface area contributed by atoms with Crippen LogP contribution >= 0.6 is 0 Å². The molecule has 1 fully saturated rings. The highest BCUT2D eigenvalue weighted by atomic mass is 32.2. The van der Waals surface area contributed by atoms with Crippen molar-refractivity contribution >= 4 is 32.3 Å². The summed E-state index contributed by atoms with van der Waals surface area (Å²) in [6.45, 7) is 2.02. The molecule has 0 amide bonds. The number of sulfonamides is 1. The Labute approximate surface area is 217 Å². The normalized spacial score (nSPS) is 14.4. The third-order valence-electron chi connectivity index (χ3n) is 6.59. The van der Waals surface area contributed by atoms with Crippen molar-refractivity contribution in [3.05, 3.63) is 102 Å². The van der Waals surface area contributed by atoms with E-state index in [9.17, 15) is 8.42 Å². The molecule has 0 aromatic heterocycles. The molecule has 1 aliphatic heterocycles. The van der Waals surface area contributed by atoms with Crippen LogP contribution in [0, 0.1) is 5.41 Å². The van der Waals surface area contributed by atoms with Gasteiger partial charge in [0.25, 0.3) is 10.0 Å². The number of anilines is 1. The van der Waals surface area contributed by atoms with Crippen LogP contribution in [0.2, 0.25) is 0 Å². The number of hydrogen-bond donors (Lipinski definition) is 3. The van der Waals surface area contributed by atoms with Gasteiger partial charge in [-0.25, -0.2) is 8.42 Å². The van der Waals surface area contributed by atoms with Crippen molar-refractivity contribution in [2.45, 2.75) is 30.4 Å². The van der Waals surface area contributed by atoms with Crippen molar-refractivity contribution in [3.63, 3.8) is 0 Å². The molecular formula is C29H30N4O3S. The number of rotatable bonds is 8. The number of nitrogen functional groups attached to an aromatic ring is 1. The van der Waals surface area contributed by atoms with Crippen molar-refractivity contribution in [2.75, 3.05) is 17.4 Å². The van der Waals surface area contributed by atoms with E-state index in [0.29, 0.717) is 11.3 Å². The van der Waals surface area contributed by atoms with Gasteiger partial charge in [-0.05, 0) is 90.8 Å². The summed E-state index contributed by atoms with van der Waals surface area (Å²) in [6.07, 6.45) is 2.06. The topological polar surface area (TPSA) is 109 Å². The second-order valence-electron chi connectivity index (χ2n) is 9.20. The number of benzene rings is 4. The highest BCUT2D eigenvalue weighted by Crippen LogP contribution is 2.29. The smallest absolute Gasteiger partial charge is 0.264 e. The molecule has 4 aromatic rings. The van der Waals surface area contributed by atoms with Crippen LogP contribution in [0.25, 0.3) is 10.8 Å². The minimum absolute atomic E-state index is 0.00705. The number of nitrogens with two attached hydrogens (primary N) is 1. The number of amidine groups is 1. The molecule has 37 heavy (non-hydrogen) atoms. The average Bonchev–Trinajstić information content (AvgIpc) is 2.93. The van der Waals surface area contributed by atoms with Gasteiger partial charge in [-0.3, -0.25) is 9.71 Å². The van der Waals surface area contributed by atoms with Gasteiger partial charge < -0.3 is 15.8 Å². The molecular weight excluding hydrogens is 484 g/mol. The van der Waals surface area contributed by atoms with Crippen LogP contribution in [0.5, 0.6) is 5.75 Å². The Morgan fingerprint density at radius 2 is 1.62 bits per heavy atom. The Bertz CT molecular complexity index is 1500. The summed E-state index contributed by atoms with van der Waals surface area (Å²) in [7, 11) is -3.84. The maximum atomic E-state index is 13.8. The lowest BCUT2D eigenvalue weighted by Gasteiger charge is -2.26. The summed E-state index contributed by atoms with van der Waals surface area (Å²) in [5.41, 5.74) is 7.68. The number of hydrogen-bond acceptors (Lipinski definition) is 5. The number of ether oxygens (including phenoxy) is 1. The van der Waals surface area contributed by atoms with E-state index in [4.69, 9.17) is 15.9 Å². The van der Waals surface area contributed by atoms with Crippen molar-refractivity contribution in [3.8, 4) is 5.75 Å². The van der Waals surface area contributed by atoms with E-state index < -0.39 is 10.0 Å². The Kier molecular flexibility index (Phi) is 7.12. The van der Waals surface area contributed by atoms with Gasteiger partial charge in [-0.15, -0.1) is 0 Å². The van der Waals surface area contributed by atoms with E-state index in [1.807, 2.05) is 48.5 Å². The third kappa shape index (κ3) is 5.60. The lowest BCUT2D eigenvalue weighted by molar-refractivity contribution is 0.162. The van der Waals surface area contributed by atoms with Crippen LogP contribution < -0.4 is 20.1 Å². The van der Waals surface area contributed by atoms with Crippen molar-refractivity contribution < 1.29 is 13.2 Å². The zero-order chi connectivity index (χ0) is 25.8. The fourth-order valence-electron chi connectivity index (χ4n) is 4.56. The van der Waals surface area contributed by atoms with Crippen molar-refractivity contribution in [1.29, 1.82) is 5.41 Å². The molecule has 0 saturated carbocycles. The fourth-order valence-corrected chi connectivity index (χ4v) is 6.03. The maximum absolute atomic E-state index is 13.8. The molecule has 0 bridgehead atoms. The molecule has 0 spiro atoms. The fraction of sp³-hybridized carbons (Fsp3) is 0.207. The summed E-state index contributed by atoms with van der Waals surface area (Å²) in [5, 5.41) is 13.0. The second kappa shape index (κ2) is 10.6. The molecule has 4 aromatic carbocycles. The van der Waals surface area contributed by atoms with E-state index in [1.54, 1.807) is 42.5 Å². The van der Waals surface area contributed by atoms with Gasteiger partial charge in [-0.1, -0.05) is 42.5 Å². The molecule has 1 saturated heterocycles. The Morgan fingerprint density at radius 1 is 0.919 bits per heavy atom. The van der Waals surface area contributed by atoms with Crippen LogP contribution in [0.15, 0.2) is 95.9 Å². The first-order valence-corrected chi connectivity index (χ1v) is 13.8. The predicted octanol–water partition coefficient (Wildman–Crippen LogP) is 4.65. The first-order chi connectivity index (χ1) is 17.9. The van der Waals surface area contributed by atoms with Crippen LogP contribution in [0.1, 0.15) is 24.0 Å². The maximum Gasteiger partial charge on any atom is 0.264 e. The van der Waals surface area contributed by atoms with E-state index >= 15 is 0 Å². The lowest BCUT2D eigenvalue weighted by Crippen LogP contribution is -2.34. The molecule has 4 N–H and O–H groups in total. The van der Waals surface area contributed by atoms with Gasteiger partial charge in [0, 0.05) is 5.56 Å². The number of nitrogens with zero attached hydrogens (tertiary/aromatic N) is 1. The van der Waals surface area contributed by atoms with Crippen LogP contribution in [-0.2, 0) is 16.6 Å². The van der Waals surface area contributed by atoms with Crippen molar-refractivity contribution in [1.82, 2.24) is 5.32 Å². The third-order valence-corrected chi connectivity index (χ3v) is 8.37. The molecule has 5 rings (SSSR count). The molecule has 0 radical (unpaired) electrons. The minimum atomic E-state index is -3.84. The highest BCUT2D eigenvalue weighted by Gasteiger charge is 2.25. The molecule has 8 heteroatoms. The van der Waals surface area contributed by atoms with Crippen molar-refractivity contribution in [2.24, 2.45) is 5.73 Å². The molecule has 0 unspecified atom stereocenters. The van der Waals surface area contributed by atoms with Crippen LogP contribution in [0.3, 0.4) is 0 Å². The molecule has 190 valence electrons. The summed E-state index contributed by atoms with van der Waals surface area (Å²) >= 11 is 0. The summed E-state index contributed by atoms with van der Waals surface area (Å²) < 4.78 is 35.1. The largest absolute Gasteiger partial charge is 0.490 e. The first-order valence-electron chi connectivity index (χ1n) is 12.3. The molecule has 0 atom stereocenters. The minimum Gasteiger partial charge on any atom is -0.490 e. The van der Waals surface area contributed by atoms with Gasteiger partial charge in [0.05, 0.1) is 17.1 Å². The zero-order valence-corrected chi connectivity index (χ0v) is 21.2. The number of piperidine rings is 1. The zero-order valence-electron chi connectivity index (χ0n) is 20.4. The SMILES string of the molecule is N=C(N)c1ccc2ccc(CN(c3ccc(OC4CCNCC4)cc3)S(=O)(=O)c3ccccc3)cc2c1. The molecule has 7 nitrogen and oxygen atoms in total. The summed E-state index contributed by atoms with van der Waals surface area (Å²) in [5.74, 6) is 0.725. The van der Waals surface area contributed by atoms with Gasteiger partial charge in [0.1, 0.15) is 17.7 Å². The van der Waals surface area contributed by atoms with Gasteiger partial charge in [-0.2, -0.15) is 0 Å². The summed E-state index contributed by atoms with van der Waals surface area (Å²) in [4.78, 5) is 0.227. The Balaban J connectivity index is 1.48. The monoisotopic (exact) mass is 514 g/mol. The highest BCUT2D eigenvalue weighted by molar-refractivity contribution is 7.92. The van der Waals surface area contributed by atoms with Crippen LogP contribution in [0.4, 0.5) is 5.69 Å². The molecule has 1 heterocycles. The van der Waals surface area contributed by atoms with Gasteiger partial charge in [0.15, 0.2) is 0 Å². The quantitative estimate of drug-likeness (QED) is 0.234. The van der Waals surface area contributed by atoms with E-state index in [1.165, 1.54) is 4.31 Å². The Morgan fingerprint density at radius 3 is 2.32 bits per heavy atom. The van der Waals surface area contributed by atoms with Gasteiger partial charge >= 0.3 is 0 Å². The van der Waals surface area contributed by atoms with E-state index in [-0.39, 0.29) is 23.4 Å². The van der Waals surface area contributed by atoms with Crippen LogP contribution in [-0.4, -0.2) is 33.4 Å². The number of nitrogens with one attached hydrogen (secondary N) is 2.